The van der Waals surface area contributed by atoms with Crippen LogP contribution in [-0.4, -0.2) is 17.3 Å². The molecule has 0 bridgehead atoms. The van der Waals surface area contributed by atoms with E-state index in [1.807, 2.05) is 0 Å². The van der Waals surface area contributed by atoms with Crippen LogP contribution in [0.15, 0.2) is 0 Å². The number of hydrogen-bond donors (Lipinski definition) is 1. The minimum absolute atomic E-state index is 0. The Balaban J connectivity index is -0.000000980. The second-order valence-electron chi connectivity index (χ2n) is 3.55. The molecule has 0 spiro atoms. The minimum Gasteiger partial charge on any atom is -2.00 e. The Morgan fingerprint density at radius 2 is 1.65 bits per heavy atom. The monoisotopic (exact) mass is 366 g/mol. The van der Waals surface area contributed by atoms with Gasteiger partial charge in [0.15, 0.2) is 0 Å². The molecular formula is C10H23O2PS3Zn. The molecule has 0 aliphatic heterocycles. The molecular weight excluding hydrogens is 345 g/mol. The molecule has 0 amide bonds. The average molecular weight is 368 g/mol. The second kappa shape index (κ2) is 15.9. The van der Waals surface area contributed by atoms with Crippen LogP contribution in [0.1, 0.15) is 52.4 Å². The molecule has 0 aromatic heterocycles. The smallest absolute Gasteiger partial charge is 2.00 e. The van der Waals surface area contributed by atoms with E-state index in [9.17, 15) is 4.89 Å². The van der Waals surface area contributed by atoms with E-state index in [2.05, 4.69) is 13.8 Å². The zero-order chi connectivity index (χ0) is 11.6. The Bertz CT molecular complexity index is 180. The van der Waals surface area contributed by atoms with Crippen molar-refractivity contribution in [1.29, 1.82) is 0 Å². The fraction of sp³-hybridized carbons (Fsp3) is 1.00. The van der Waals surface area contributed by atoms with Gasteiger partial charge in [0.2, 0.25) is 5.69 Å². The molecule has 1 N–H and O–H groups in total. The molecule has 17 heavy (non-hydrogen) atoms. The van der Waals surface area contributed by atoms with Crippen molar-refractivity contribution in [2.24, 2.45) is 0 Å². The fourth-order valence-corrected chi connectivity index (χ4v) is 4.52. The van der Waals surface area contributed by atoms with Gasteiger partial charge in [0.25, 0.3) is 0 Å². The maximum absolute atomic E-state index is 9.78. The topological polar surface area (TPSA) is 29.5 Å². The molecule has 0 radical (unpaired) electrons. The minimum atomic E-state index is -2.52. The number of hydrogen-bond acceptors (Lipinski definition) is 3. The van der Waals surface area contributed by atoms with Gasteiger partial charge in [-0.3, -0.25) is 0 Å². The molecule has 0 fully saturated rings. The van der Waals surface area contributed by atoms with Crippen LogP contribution in [0.2, 0.25) is 0 Å². The van der Waals surface area contributed by atoms with Gasteiger partial charge in [-0.05, 0) is 24.6 Å². The first-order valence-corrected chi connectivity index (χ1v) is 10.0. The first-order valence-electron chi connectivity index (χ1n) is 5.74. The molecule has 0 rings (SSSR count). The Hall–Kier alpha value is 1.89. The van der Waals surface area contributed by atoms with Gasteiger partial charge in [-0.25, -0.2) is 0 Å². The molecule has 0 aliphatic carbocycles. The molecule has 0 aromatic carbocycles. The third-order valence-electron chi connectivity index (χ3n) is 2.00. The van der Waals surface area contributed by atoms with E-state index >= 15 is 0 Å². The average Bonchev–Trinajstić information content (AvgIpc) is 2.20. The van der Waals surface area contributed by atoms with Crippen molar-refractivity contribution < 1.29 is 28.9 Å². The molecule has 1 atom stereocenters. The van der Waals surface area contributed by atoms with E-state index in [4.69, 9.17) is 16.3 Å². The van der Waals surface area contributed by atoms with E-state index in [1.165, 1.54) is 30.6 Å². The van der Waals surface area contributed by atoms with Crippen LogP contribution in [0.5, 0.6) is 0 Å². The van der Waals surface area contributed by atoms with Gasteiger partial charge in [-0.2, -0.15) is 0 Å². The van der Waals surface area contributed by atoms with Gasteiger partial charge >= 0.3 is 19.5 Å². The molecule has 0 saturated heterocycles. The van der Waals surface area contributed by atoms with Crippen LogP contribution in [-0.2, 0) is 49.3 Å². The SMILES string of the molecule is CCCCCOP(O)(=S)SCCCCC.[S-2].[Zn+2]. The normalized spacial score (nSPS) is 13.4. The van der Waals surface area contributed by atoms with Crippen molar-refractivity contribution in [3.8, 4) is 0 Å². The molecule has 0 saturated carbocycles. The van der Waals surface area contributed by atoms with E-state index in [0.29, 0.717) is 6.61 Å². The zero-order valence-corrected chi connectivity index (χ0v) is 17.2. The Morgan fingerprint density at radius 3 is 2.18 bits per heavy atom. The van der Waals surface area contributed by atoms with Crippen LogP contribution < -0.4 is 0 Å². The van der Waals surface area contributed by atoms with Crippen molar-refractivity contribution in [2.75, 3.05) is 12.4 Å². The molecule has 7 heteroatoms. The molecule has 0 aromatic rings. The first kappa shape index (κ1) is 23.9. The predicted molar refractivity (Wildman–Crippen MR) is 81.3 cm³/mol. The Morgan fingerprint density at radius 1 is 1.12 bits per heavy atom. The van der Waals surface area contributed by atoms with Crippen LogP contribution >= 0.6 is 17.1 Å². The quantitative estimate of drug-likeness (QED) is 0.353. The Labute approximate surface area is 135 Å². The maximum Gasteiger partial charge on any atom is 2.00 e. The fourth-order valence-electron chi connectivity index (χ4n) is 1.10. The van der Waals surface area contributed by atoms with Crippen molar-refractivity contribution in [3.63, 3.8) is 0 Å². The second-order valence-corrected chi connectivity index (χ2v) is 9.85. The summed E-state index contributed by atoms with van der Waals surface area (Å²) in [7, 11) is 0. The third kappa shape index (κ3) is 17.9. The molecule has 100 valence electrons. The van der Waals surface area contributed by atoms with Crippen molar-refractivity contribution in [1.82, 2.24) is 0 Å². The van der Waals surface area contributed by atoms with E-state index in [1.54, 1.807) is 0 Å². The van der Waals surface area contributed by atoms with E-state index in [-0.39, 0.29) is 33.0 Å². The predicted octanol–water partition coefficient (Wildman–Crippen LogP) is 4.33. The van der Waals surface area contributed by atoms with Gasteiger partial charge in [-0.1, -0.05) is 50.9 Å². The summed E-state index contributed by atoms with van der Waals surface area (Å²) in [6.45, 7) is 4.93. The summed E-state index contributed by atoms with van der Waals surface area (Å²) in [6.07, 6.45) is 6.85. The molecule has 1 unspecified atom stereocenters. The summed E-state index contributed by atoms with van der Waals surface area (Å²) in [5.74, 6) is 0.926. The summed E-state index contributed by atoms with van der Waals surface area (Å²) >= 11 is 6.49. The van der Waals surface area contributed by atoms with Crippen molar-refractivity contribution >= 4 is 42.4 Å². The zero-order valence-electron chi connectivity index (χ0n) is 10.9. The molecule has 0 heterocycles. The van der Waals surface area contributed by atoms with E-state index in [0.717, 1.165) is 25.0 Å². The van der Waals surface area contributed by atoms with Crippen LogP contribution in [0, 0.1) is 0 Å². The third-order valence-corrected chi connectivity index (χ3v) is 6.42. The molecule has 0 aliphatic rings. The first-order chi connectivity index (χ1) is 7.12. The largest absolute Gasteiger partial charge is 2.00 e. The van der Waals surface area contributed by atoms with Gasteiger partial charge in [0.05, 0.1) is 6.61 Å². The summed E-state index contributed by atoms with van der Waals surface area (Å²) in [6, 6.07) is 0. The standard InChI is InChI=1S/C10H23O2PS2.S.Zn/c1-3-5-7-9-12-13(11,14)15-10-8-6-4-2;;/h3-10H2,1-2H3,(H,11,14);;/q;-2;+2. The number of rotatable bonds is 10. The van der Waals surface area contributed by atoms with Crippen molar-refractivity contribution in [3.05, 3.63) is 0 Å². The van der Waals surface area contributed by atoms with Gasteiger partial charge in [0.1, 0.15) is 0 Å². The molecule has 2 nitrogen and oxygen atoms in total. The Kier molecular flexibility index (Phi) is 22.5. The summed E-state index contributed by atoms with van der Waals surface area (Å²) < 4.78 is 5.36. The van der Waals surface area contributed by atoms with Crippen LogP contribution in [0.25, 0.3) is 0 Å². The van der Waals surface area contributed by atoms with Crippen molar-refractivity contribution in [2.45, 2.75) is 52.4 Å². The maximum atomic E-state index is 9.78. The van der Waals surface area contributed by atoms with Gasteiger partial charge in [0, 0.05) is 5.75 Å². The van der Waals surface area contributed by atoms with E-state index < -0.39 is 5.69 Å². The van der Waals surface area contributed by atoms with Gasteiger partial charge in [-0.15, -0.1) is 0 Å². The summed E-state index contributed by atoms with van der Waals surface area (Å²) in [4.78, 5) is 9.78. The number of unbranched alkanes of at least 4 members (excludes halogenated alkanes) is 4. The summed E-state index contributed by atoms with van der Waals surface area (Å²) in [5, 5.41) is 0. The van der Waals surface area contributed by atoms with Crippen LogP contribution in [0.3, 0.4) is 0 Å². The van der Waals surface area contributed by atoms with Crippen LogP contribution in [0.4, 0.5) is 0 Å². The summed E-state index contributed by atoms with van der Waals surface area (Å²) in [5.41, 5.74) is -2.52. The van der Waals surface area contributed by atoms with Gasteiger partial charge < -0.3 is 22.9 Å².